The highest BCUT2D eigenvalue weighted by Gasteiger charge is 2.31. The standard InChI is InChI=1S/C24H30FN5O3/c1-33-22-7-5-20(6-8-22)29-13-11-28(12-14-29)10-9-26-24(32)27-19-16-23(31)30(17-19)21-4-2-3-18(25)15-21/h2-8,15,19H,9-14,16-17H2,1H3,(H2,26,27,32)/t19-/m0/s1. The molecule has 33 heavy (non-hydrogen) atoms. The Morgan fingerprint density at radius 1 is 1.09 bits per heavy atom. The number of carbonyl (C=O) groups excluding carboxylic acids is 2. The fraction of sp³-hybridized carbons (Fsp3) is 0.417. The number of hydrogen-bond acceptors (Lipinski definition) is 5. The van der Waals surface area contributed by atoms with Gasteiger partial charge in [-0.3, -0.25) is 9.69 Å². The van der Waals surface area contributed by atoms with Crippen molar-refractivity contribution in [3.63, 3.8) is 0 Å². The number of methoxy groups -OCH3 is 1. The number of piperazine rings is 1. The van der Waals surface area contributed by atoms with Crippen LogP contribution in [-0.4, -0.2) is 75.8 Å². The number of carbonyl (C=O) groups is 2. The summed E-state index contributed by atoms with van der Waals surface area (Å²) in [6.45, 7) is 5.34. The summed E-state index contributed by atoms with van der Waals surface area (Å²) in [6.07, 6.45) is 0.206. The van der Waals surface area contributed by atoms with Crippen molar-refractivity contribution in [2.75, 3.05) is 62.7 Å². The highest BCUT2D eigenvalue weighted by Crippen LogP contribution is 2.22. The lowest BCUT2D eigenvalue weighted by Gasteiger charge is -2.36. The molecule has 2 N–H and O–H groups in total. The molecule has 3 amide bonds. The lowest BCUT2D eigenvalue weighted by atomic mass is 10.2. The molecule has 2 aromatic carbocycles. The maximum absolute atomic E-state index is 13.5. The summed E-state index contributed by atoms with van der Waals surface area (Å²) in [5.74, 6) is 0.338. The molecule has 0 aliphatic carbocycles. The van der Waals surface area contributed by atoms with Crippen LogP contribution in [0.4, 0.5) is 20.6 Å². The third-order valence-electron chi connectivity index (χ3n) is 6.10. The number of rotatable bonds is 7. The van der Waals surface area contributed by atoms with Crippen molar-refractivity contribution >= 4 is 23.3 Å². The van der Waals surface area contributed by atoms with E-state index in [1.165, 1.54) is 22.7 Å². The van der Waals surface area contributed by atoms with E-state index in [2.05, 4.69) is 32.6 Å². The highest BCUT2D eigenvalue weighted by atomic mass is 19.1. The normalized spacial score (nSPS) is 19.0. The topological polar surface area (TPSA) is 77.1 Å². The molecular formula is C24H30FN5O3. The van der Waals surface area contributed by atoms with E-state index in [9.17, 15) is 14.0 Å². The van der Waals surface area contributed by atoms with Crippen molar-refractivity contribution in [1.29, 1.82) is 0 Å². The molecule has 0 unspecified atom stereocenters. The van der Waals surface area contributed by atoms with Crippen LogP contribution in [0.2, 0.25) is 0 Å². The van der Waals surface area contributed by atoms with E-state index in [0.717, 1.165) is 38.5 Å². The smallest absolute Gasteiger partial charge is 0.315 e. The predicted octanol–water partition coefficient (Wildman–Crippen LogP) is 2.06. The number of nitrogens with one attached hydrogen (secondary N) is 2. The van der Waals surface area contributed by atoms with Gasteiger partial charge in [-0.05, 0) is 42.5 Å². The molecule has 2 aliphatic heterocycles. The summed E-state index contributed by atoms with van der Waals surface area (Å²) in [5, 5.41) is 5.74. The van der Waals surface area contributed by atoms with Crippen LogP contribution in [0, 0.1) is 5.82 Å². The van der Waals surface area contributed by atoms with Crippen molar-refractivity contribution in [3.05, 3.63) is 54.3 Å². The highest BCUT2D eigenvalue weighted by molar-refractivity contribution is 5.96. The molecule has 8 nitrogen and oxygen atoms in total. The van der Waals surface area contributed by atoms with Crippen LogP contribution in [0.5, 0.6) is 5.75 Å². The largest absolute Gasteiger partial charge is 0.497 e. The molecule has 0 spiro atoms. The Morgan fingerprint density at radius 3 is 2.55 bits per heavy atom. The SMILES string of the molecule is COc1ccc(N2CCN(CCNC(=O)N[C@H]3CC(=O)N(c4cccc(F)c4)C3)CC2)cc1. The van der Waals surface area contributed by atoms with Crippen LogP contribution < -0.4 is 25.2 Å². The second kappa shape index (κ2) is 10.5. The maximum Gasteiger partial charge on any atom is 0.315 e. The number of hydrogen-bond donors (Lipinski definition) is 2. The van der Waals surface area contributed by atoms with Gasteiger partial charge in [0.1, 0.15) is 11.6 Å². The zero-order chi connectivity index (χ0) is 23.2. The monoisotopic (exact) mass is 455 g/mol. The van der Waals surface area contributed by atoms with E-state index in [4.69, 9.17) is 4.74 Å². The zero-order valence-electron chi connectivity index (χ0n) is 18.8. The van der Waals surface area contributed by atoms with Gasteiger partial charge in [0.2, 0.25) is 5.91 Å². The Labute approximate surface area is 193 Å². The van der Waals surface area contributed by atoms with Crippen molar-refractivity contribution < 1.29 is 18.7 Å². The maximum atomic E-state index is 13.5. The predicted molar refractivity (Wildman–Crippen MR) is 125 cm³/mol. The zero-order valence-corrected chi connectivity index (χ0v) is 18.8. The fourth-order valence-corrected chi connectivity index (χ4v) is 4.28. The van der Waals surface area contributed by atoms with E-state index in [1.807, 2.05) is 12.1 Å². The first-order chi connectivity index (χ1) is 16.0. The Kier molecular flexibility index (Phi) is 7.29. The van der Waals surface area contributed by atoms with Gasteiger partial charge < -0.3 is 25.2 Å². The molecule has 0 saturated carbocycles. The Balaban J connectivity index is 1.15. The van der Waals surface area contributed by atoms with Crippen molar-refractivity contribution in [3.8, 4) is 5.75 Å². The first-order valence-electron chi connectivity index (χ1n) is 11.2. The number of halogens is 1. The molecule has 2 heterocycles. The van der Waals surface area contributed by atoms with Crippen LogP contribution >= 0.6 is 0 Å². The van der Waals surface area contributed by atoms with Crippen LogP contribution in [0.15, 0.2) is 48.5 Å². The van der Waals surface area contributed by atoms with Gasteiger partial charge in [0.25, 0.3) is 0 Å². The van der Waals surface area contributed by atoms with Crippen molar-refractivity contribution in [2.45, 2.75) is 12.5 Å². The Morgan fingerprint density at radius 2 is 1.85 bits per heavy atom. The average molecular weight is 456 g/mol. The molecule has 9 heteroatoms. The van der Waals surface area contributed by atoms with E-state index < -0.39 is 0 Å². The molecule has 1 atom stereocenters. The fourth-order valence-electron chi connectivity index (χ4n) is 4.28. The van der Waals surface area contributed by atoms with E-state index in [0.29, 0.717) is 18.8 Å². The number of ether oxygens (including phenoxy) is 1. The average Bonchev–Trinajstić information content (AvgIpc) is 3.19. The van der Waals surface area contributed by atoms with Gasteiger partial charge in [0.15, 0.2) is 0 Å². The second-order valence-electron chi connectivity index (χ2n) is 8.31. The molecule has 4 rings (SSSR count). The van der Waals surface area contributed by atoms with Gasteiger partial charge in [-0.1, -0.05) is 6.07 Å². The molecule has 0 aromatic heterocycles. The van der Waals surface area contributed by atoms with Gasteiger partial charge in [-0.15, -0.1) is 0 Å². The van der Waals surface area contributed by atoms with Crippen molar-refractivity contribution in [2.24, 2.45) is 0 Å². The van der Waals surface area contributed by atoms with Crippen LogP contribution in [-0.2, 0) is 4.79 Å². The molecule has 0 bridgehead atoms. The quantitative estimate of drug-likeness (QED) is 0.669. The third-order valence-corrected chi connectivity index (χ3v) is 6.10. The summed E-state index contributed by atoms with van der Waals surface area (Å²) < 4.78 is 18.7. The molecule has 2 aliphatic rings. The minimum absolute atomic E-state index is 0.124. The third kappa shape index (κ3) is 5.92. The molecule has 2 fully saturated rings. The molecular weight excluding hydrogens is 425 g/mol. The summed E-state index contributed by atoms with van der Waals surface area (Å²) in [7, 11) is 1.66. The lowest BCUT2D eigenvalue weighted by molar-refractivity contribution is -0.117. The molecule has 0 radical (unpaired) electrons. The number of nitrogens with zero attached hydrogens (tertiary/aromatic N) is 3. The summed E-state index contributed by atoms with van der Waals surface area (Å²) in [4.78, 5) is 30.7. The number of amides is 3. The summed E-state index contributed by atoms with van der Waals surface area (Å²) in [5.41, 5.74) is 1.70. The lowest BCUT2D eigenvalue weighted by Crippen LogP contribution is -2.50. The summed E-state index contributed by atoms with van der Waals surface area (Å²) >= 11 is 0. The van der Waals surface area contributed by atoms with E-state index in [-0.39, 0.29) is 30.2 Å². The minimum Gasteiger partial charge on any atom is -0.497 e. The number of anilines is 2. The molecule has 176 valence electrons. The van der Waals surface area contributed by atoms with Gasteiger partial charge in [-0.2, -0.15) is 0 Å². The van der Waals surface area contributed by atoms with Crippen LogP contribution in [0.3, 0.4) is 0 Å². The van der Waals surface area contributed by atoms with Gasteiger partial charge in [-0.25, -0.2) is 9.18 Å². The van der Waals surface area contributed by atoms with Crippen LogP contribution in [0.25, 0.3) is 0 Å². The van der Waals surface area contributed by atoms with Crippen LogP contribution in [0.1, 0.15) is 6.42 Å². The Hall–Kier alpha value is -3.33. The first kappa shape index (κ1) is 22.8. The van der Waals surface area contributed by atoms with Crippen molar-refractivity contribution in [1.82, 2.24) is 15.5 Å². The number of urea groups is 1. The van der Waals surface area contributed by atoms with Gasteiger partial charge in [0, 0.05) is 63.6 Å². The minimum atomic E-state index is -0.390. The second-order valence-corrected chi connectivity index (χ2v) is 8.31. The molecule has 2 saturated heterocycles. The summed E-state index contributed by atoms with van der Waals surface area (Å²) in [6, 6.07) is 13.4. The van der Waals surface area contributed by atoms with E-state index in [1.54, 1.807) is 19.2 Å². The van der Waals surface area contributed by atoms with Gasteiger partial charge in [0.05, 0.1) is 13.2 Å². The van der Waals surface area contributed by atoms with E-state index >= 15 is 0 Å². The molecule has 2 aromatic rings. The first-order valence-corrected chi connectivity index (χ1v) is 11.2. The van der Waals surface area contributed by atoms with Gasteiger partial charge >= 0.3 is 6.03 Å². The Bertz CT molecular complexity index is 963. The number of benzene rings is 2.